The molecule has 150 valence electrons. The van der Waals surface area contributed by atoms with Gasteiger partial charge in [0.2, 0.25) is 0 Å². The molecule has 2 unspecified atom stereocenters. The number of carbonyl (C=O) groups is 1. The van der Waals surface area contributed by atoms with Gasteiger partial charge >= 0.3 is 6.09 Å². The molecule has 2 atom stereocenters. The van der Waals surface area contributed by atoms with E-state index in [1.807, 2.05) is 66.7 Å². The van der Waals surface area contributed by atoms with Gasteiger partial charge < -0.3 is 25.6 Å². The van der Waals surface area contributed by atoms with Crippen molar-refractivity contribution in [3.8, 4) is 0 Å². The fourth-order valence-electron chi connectivity index (χ4n) is 2.78. The molecule has 0 radical (unpaired) electrons. The molecule has 0 aliphatic carbocycles. The number of anilines is 2. The lowest BCUT2D eigenvalue weighted by molar-refractivity contribution is 0.0184. The maximum absolute atomic E-state index is 11.8. The van der Waals surface area contributed by atoms with Gasteiger partial charge in [-0.1, -0.05) is 60.7 Å². The lowest BCUT2D eigenvalue weighted by Gasteiger charge is -2.19. The molecule has 6 heteroatoms. The van der Waals surface area contributed by atoms with E-state index in [2.05, 4.69) is 10.6 Å². The first kappa shape index (κ1) is 20.4. The number of amides is 1. The normalized spacial score (nSPS) is 12.6. The topological polar surface area (TPSA) is 90.8 Å². The van der Waals surface area contributed by atoms with Crippen LogP contribution in [0.5, 0.6) is 0 Å². The zero-order valence-electron chi connectivity index (χ0n) is 15.9. The van der Waals surface area contributed by atoms with E-state index in [4.69, 9.17) is 4.74 Å². The highest BCUT2D eigenvalue weighted by atomic mass is 16.5. The van der Waals surface area contributed by atoms with E-state index < -0.39 is 18.3 Å². The van der Waals surface area contributed by atoms with Gasteiger partial charge in [-0.25, -0.2) is 4.79 Å². The van der Waals surface area contributed by atoms with E-state index in [-0.39, 0.29) is 13.2 Å². The van der Waals surface area contributed by atoms with Crippen molar-refractivity contribution in [1.82, 2.24) is 5.32 Å². The van der Waals surface area contributed by atoms with Crippen LogP contribution in [0.25, 0.3) is 0 Å². The summed E-state index contributed by atoms with van der Waals surface area (Å²) in [6, 6.07) is 26.1. The zero-order valence-corrected chi connectivity index (χ0v) is 15.9. The van der Waals surface area contributed by atoms with Crippen LogP contribution in [0.1, 0.15) is 17.2 Å². The van der Waals surface area contributed by atoms with Crippen LogP contribution in [0.4, 0.5) is 16.2 Å². The van der Waals surface area contributed by atoms with Gasteiger partial charge in [0, 0.05) is 17.9 Å². The van der Waals surface area contributed by atoms with E-state index in [1.165, 1.54) is 0 Å². The molecule has 0 aliphatic rings. The van der Waals surface area contributed by atoms with Crippen LogP contribution in [0.2, 0.25) is 0 Å². The van der Waals surface area contributed by atoms with Crippen molar-refractivity contribution in [3.63, 3.8) is 0 Å². The van der Waals surface area contributed by atoms with Crippen molar-refractivity contribution >= 4 is 17.5 Å². The molecule has 0 saturated heterocycles. The van der Waals surface area contributed by atoms with Crippen LogP contribution in [0, 0.1) is 0 Å². The fourth-order valence-corrected chi connectivity index (χ4v) is 2.78. The van der Waals surface area contributed by atoms with E-state index in [1.54, 1.807) is 18.2 Å². The van der Waals surface area contributed by atoms with E-state index in [0.29, 0.717) is 5.56 Å². The molecule has 6 nitrogen and oxygen atoms in total. The number of aliphatic hydroxyl groups excluding tert-OH is 2. The number of para-hydroxylation sites is 1. The lowest BCUT2D eigenvalue weighted by atomic mass is 10.0. The molecular formula is C23H24N2O4. The van der Waals surface area contributed by atoms with Crippen molar-refractivity contribution in [2.24, 2.45) is 0 Å². The number of rotatable bonds is 8. The Morgan fingerprint density at radius 2 is 1.52 bits per heavy atom. The van der Waals surface area contributed by atoms with Crippen LogP contribution >= 0.6 is 0 Å². The maximum Gasteiger partial charge on any atom is 0.407 e. The van der Waals surface area contributed by atoms with Crippen molar-refractivity contribution in [1.29, 1.82) is 0 Å². The van der Waals surface area contributed by atoms with Gasteiger partial charge in [-0.3, -0.25) is 0 Å². The molecule has 0 fully saturated rings. The monoisotopic (exact) mass is 392 g/mol. The number of ether oxygens (including phenoxy) is 1. The molecular weight excluding hydrogens is 368 g/mol. The second-order valence-electron chi connectivity index (χ2n) is 6.57. The Bertz CT molecular complexity index is 903. The van der Waals surface area contributed by atoms with Crippen molar-refractivity contribution < 1.29 is 19.7 Å². The average Bonchev–Trinajstić information content (AvgIpc) is 2.77. The van der Waals surface area contributed by atoms with Gasteiger partial charge in [-0.05, 0) is 35.4 Å². The Labute approximate surface area is 169 Å². The third kappa shape index (κ3) is 6.34. The smallest absolute Gasteiger partial charge is 0.407 e. The number of hydrogen-bond donors (Lipinski definition) is 4. The van der Waals surface area contributed by atoms with Gasteiger partial charge in [0.25, 0.3) is 0 Å². The van der Waals surface area contributed by atoms with Crippen LogP contribution < -0.4 is 10.6 Å². The summed E-state index contributed by atoms with van der Waals surface area (Å²) in [5.41, 5.74) is 3.11. The highest BCUT2D eigenvalue weighted by Crippen LogP contribution is 2.23. The Kier molecular flexibility index (Phi) is 7.22. The van der Waals surface area contributed by atoms with Crippen LogP contribution in [0.15, 0.2) is 84.9 Å². The number of aliphatic hydroxyl groups is 2. The van der Waals surface area contributed by atoms with E-state index in [0.717, 1.165) is 16.9 Å². The highest BCUT2D eigenvalue weighted by molar-refractivity contribution is 5.67. The standard InChI is InChI=1S/C23H24N2O4/c26-21(15-24-23(28)29-16-17-8-3-1-4-9-17)22(27)18-10-7-13-20(14-18)25-19-11-5-2-6-12-19/h1-14,21-22,25-27H,15-16H2,(H,24,28). The first-order valence-corrected chi connectivity index (χ1v) is 9.34. The highest BCUT2D eigenvalue weighted by Gasteiger charge is 2.19. The third-order valence-electron chi connectivity index (χ3n) is 4.32. The molecule has 0 heterocycles. The summed E-state index contributed by atoms with van der Waals surface area (Å²) in [5.74, 6) is 0. The summed E-state index contributed by atoms with van der Waals surface area (Å²) in [5, 5.41) is 26.4. The summed E-state index contributed by atoms with van der Waals surface area (Å²) in [6.45, 7) is 0.00362. The largest absolute Gasteiger partial charge is 0.445 e. The van der Waals surface area contributed by atoms with Gasteiger partial charge in [0.1, 0.15) is 18.8 Å². The Balaban J connectivity index is 1.49. The number of alkyl carbamates (subject to hydrolysis) is 1. The Hall–Kier alpha value is -3.35. The number of carbonyl (C=O) groups excluding carboxylic acids is 1. The maximum atomic E-state index is 11.8. The molecule has 4 N–H and O–H groups in total. The second kappa shape index (κ2) is 10.3. The third-order valence-corrected chi connectivity index (χ3v) is 4.32. The van der Waals surface area contributed by atoms with Gasteiger partial charge in [0.05, 0.1) is 0 Å². The first-order chi connectivity index (χ1) is 14.1. The average molecular weight is 392 g/mol. The molecule has 3 aromatic carbocycles. The predicted molar refractivity (Wildman–Crippen MR) is 112 cm³/mol. The number of nitrogens with one attached hydrogen (secondary N) is 2. The van der Waals surface area contributed by atoms with E-state index in [9.17, 15) is 15.0 Å². The molecule has 0 saturated carbocycles. The summed E-state index contributed by atoms with van der Waals surface area (Å²) >= 11 is 0. The summed E-state index contributed by atoms with van der Waals surface area (Å²) in [6.07, 6.45) is -2.98. The van der Waals surface area contributed by atoms with Gasteiger partial charge in [-0.15, -0.1) is 0 Å². The molecule has 0 aliphatic heterocycles. The SMILES string of the molecule is O=C(NCC(O)C(O)c1cccc(Nc2ccccc2)c1)OCc1ccccc1. The minimum absolute atomic E-state index is 0.134. The second-order valence-corrected chi connectivity index (χ2v) is 6.57. The Morgan fingerprint density at radius 3 is 2.24 bits per heavy atom. The molecule has 1 amide bonds. The molecule has 0 bridgehead atoms. The minimum Gasteiger partial charge on any atom is -0.445 e. The molecule has 0 aromatic heterocycles. The van der Waals surface area contributed by atoms with Crippen molar-refractivity contribution in [3.05, 3.63) is 96.1 Å². The van der Waals surface area contributed by atoms with Crippen LogP contribution in [-0.2, 0) is 11.3 Å². The number of benzene rings is 3. The fraction of sp³-hybridized carbons (Fsp3) is 0.174. The van der Waals surface area contributed by atoms with Crippen molar-refractivity contribution in [2.75, 3.05) is 11.9 Å². The predicted octanol–water partition coefficient (Wildman–Crippen LogP) is 3.75. The molecule has 3 aromatic rings. The minimum atomic E-state index is -1.17. The van der Waals surface area contributed by atoms with E-state index >= 15 is 0 Å². The quantitative estimate of drug-likeness (QED) is 0.469. The van der Waals surface area contributed by atoms with Gasteiger partial charge in [-0.2, -0.15) is 0 Å². The molecule has 0 spiro atoms. The van der Waals surface area contributed by atoms with Gasteiger partial charge in [0.15, 0.2) is 0 Å². The number of hydrogen-bond acceptors (Lipinski definition) is 5. The van der Waals surface area contributed by atoms with Crippen LogP contribution in [-0.4, -0.2) is 29.0 Å². The van der Waals surface area contributed by atoms with Crippen LogP contribution in [0.3, 0.4) is 0 Å². The molecule has 3 rings (SSSR count). The first-order valence-electron chi connectivity index (χ1n) is 9.34. The zero-order chi connectivity index (χ0) is 20.5. The summed E-state index contributed by atoms with van der Waals surface area (Å²) in [7, 11) is 0. The lowest BCUT2D eigenvalue weighted by Crippen LogP contribution is -2.35. The van der Waals surface area contributed by atoms with Crippen molar-refractivity contribution in [2.45, 2.75) is 18.8 Å². The summed E-state index contributed by atoms with van der Waals surface area (Å²) < 4.78 is 5.10. The Morgan fingerprint density at radius 1 is 0.862 bits per heavy atom. The molecule has 29 heavy (non-hydrogen) atoms. The summed E-state index contributed by atoms with van der Waals surface area (Å²) in [4.78, 5) is 11.8.